The van der Waals surface area contributed by atoms with E-state index in [4.69, 9.17) is 0 Å². The molecule has 0 bridgehead atoms. The van der Waals surface area contributed by atoms with Crippen LogP contribution in [0.25, 0.3) is 11.0 Å². The van der Waals surface area contributed by atoms with Gasteiger partial charge >= 0.3 is 6.18 Å². The van der Waals surface area contributed by atoms with Crippen LogP contribution >= 0.6 is 0 Å². The molecule has 0 radical (unpaired) electrons. The molecule has 0 amide bonds. The number of nitrogens with one attached hydrogen (secondary N) is 1. The van der Waals surface area contributed by atoms with Gasteiger partial charge in [0.25, 0.3) is 0 Å². The lowest BCUT2D eigenvalue weighted by Crippen LogP contribution is -2.07. The van der Waals surface area contributed by atoms with Gasteiger partial charge in [0.05, 0.1) is 5.56 Å². The summed E-state index contributed by atoms with van der Waals surface area (Å²) >= 11 is 0. The summed E-state index contributed by atoms with van der Waals surface area (Å²) in [7, 11) is 0. The highest BCUT2D eigenvalue weighted by atomic mass is 19.4. The van der Waals surface area contributed by atoms with E-state index in [1.165, 1.54) is 0 Å². The Balaban J connectivity index is 1.43. The van der Waals surface area contributed by atoms with Gasteiger partial charge in [0.2, 0.25) is 0 Å². The average molecular weight is 399 g/mol. The third-order valence-electron chi connectivity index (χ3n) is 4.77. The topological polar surface area (TPSA) is 41.6 Å². The van der Waals surface area contributed by atoms with E-state index < -0.39 is 17.6 Å². The fraction of sp³-hybridized carbons (Fsp3) is 0.182. The highest BCUT2D eigenvalue weighted by Crippen LogP contribution is 2.30. The Bertz CT molecular complexity index is 1130. The minimum Gasteiger partial charge on any atom is -0.346 e. The predicted molar refractivity (Wildman–Crippen MR) is 102 cm³/mol. The summed E-state index contributed by atoms with van der Waals surface area (Å²) in [6, 6.07) is 10.3. The Labute approximate surface area is 164 Å². The van der Waals surface area contributed by atoms with Crippen LogP contribution in [0.2, 0.25) is 0 Å². The normalized spacial score (nSPS) is 11.9. The molecule has 0 aliphatic rings. The number of aryl methyl sites for hydroxylation is 2. The van der Waals surface area contributed by atoms with Crippen molar-refractivity contribution in [3.8, 4) is 0 Å². The zero-order valence-corrected chi connectivity index (χ0v) is 15.3. The summed E-state index contributed by atoms with van der Waals surface area (Å²) in [5, 5.41) is 1.06. The van der Waals surface area contributed by atoms with E-state index in [2.05, 4.69) is 15.0 Å². The van der Waals surface area contributed by atoms with Crippen LogP contribution < -0.4 is 0 Å². The van der Waals surface area contributed by atoms with Crippen molar-refractivity contribution in [1.82, 2.24) is 15.0 Å². The smallest absolute Gasteiger partial charge is 0.346 e. The lowest BCUT2D eigenvalue weighted by atomic mass is 10.0. The number of benzene rings is 1. The largest absolute Gasteiger partial charge is 0.416 e. The van der Waals surface area contributed by atoms with E-state index in [0.717, 1.165) is 40.0 Å². The minimum absolute atomic E-state index is 0.279. The van der Waals surface area contributed by atoms with Crippen LogP contribution in [0.1, 0.15) is 27.9 Å². The molecule has 0 saturated carbocycles. The molecule has 0 atom stereocenters. The SMILES string of the molecule is Fc1cc(CCc2ccc(Cc3c[nH]c4ncccc34)cn2)cc(C(F)(F)F)c1. The quantitative estimate of drug-likeness (QED) is 0.451. The molecule has 3 aromatic heterocycles. The number of pyridine rings is 2. The van der Waals surface area contributed by atoms with Crippen molar-refractivity contribution >= 4 is 11.0 Å². The second-order valence-corrected chi connectivity index (χ2v) is 6.89. The molecule has 7 heteroatoms. The van der Waals surface area contributed by atoms with Crippen molar-refractivity contribution in [3.05, 3.63) is 94.8 Å². The fourth-order valence-corrected chi connectivity index (χ4v) is 3.32. The monoisotopic (exact) mass is 399 g/mol. The molecule has 4 aromatic rings. The molecule has 3 nitrogen and oxygen atoms in total. The Morgan fingerprint density at radius 3 is 2.55 bits per heavy atom. The lowest BCUT2D eigenvalue weighted by molar-refractivity contribution is -0.137. The summed E-state index contributed by atoms with van der Waals surface area (Å²) in [4.78, 5) is 11.8. The van der Waals surface area contributed by atoms with Crippen molar-refractivity contribution in [1.29, 1.82) is 0 Å². The van der Waals surface area contributed by atoms with E-state index in [9.17, 15) is 17.6 Å². The van der Waals surface area contributed by atoms with Gasteiger partial charge in [-0.1, -0.05) is 6.07 Å². The predicted octanol–water partition coefficient (Wildman–Crippen LogP) is 5.49. The summed E-state index contributed by atoms with van der Waals surface area (Å²) in [5.74, 6) is -0.883. The molecular formula is C22H17F4N3. The molecule has 0 fully saturated rings. The van der Waals surface area contributed by atoms with Gasteiger partial charge in [0.15, 0.2) is 0 Å². The number of fused-ring (bicyclic) bond motifs is 1. The zero-order chi connectivity index (χ0) is 20.4. The summed E-state index contributed by atoms with van der Waals surface area (Å²) in [6.07, 6.45) is 2.26. The molecule has 1 N–H and O–H groups in total. The number of aromatic amines is 1. The van der Waals surface area contributed by atoms with Crippen LogP contribution in [0.5, 0.6) is 0 Å². The zero-order valence-electron chi connectivity index (χ0n) is 15.3. The second-order valence-electron chi connectivity index (χ2n) is 6.89. The molecule has 0 spiro atoms. The average Bonchev–Trinajstić information content (AvgIpc) is 3.09. The fourth-order valence-electron chi connectivity index (χ4n) is 3.32. The lowest BCUT2D eigenvalue weighted by Gasteiger charge is -2.09. The van der Waals surface area contributed by atoms with Gasteiger partial charge in [-0.15, -0.1) is 0 Å². The van der Waals surface area contributed by atoms with Crippen molar-refractivity contribution in [2.24, 2.45) is 0 Å². The van der Waals surface area contributed by atoms with Gasteiger partial charge in [-0.25, -0.2) is 9.37 Å². The number of aromatic nitrogens is 3. The first-order valence-electron chi connectivity index (χ1n) is 9.10. The van der Waals surface area contributed by atoms with Crippen molar-refractivity contribution in [2.45, 2.75) is 25.4 Å². The van der Waals surface area contributed by atoms with Crippen LogP contribution in [0.15, 0.2) is 61.1 Å². The Morgan fingerprint density at radius 1 is 0.931 bits per heavy atom. The number of nitrogens with zero attached hydrogens (tertiary/aromatic N) is 2. The van der Waals surface area contributed by atoms with Crippen LogP contribution in [-0.4, -0.2) is 15.0 Å². The highest BCUT2D eigenvalue weighted by Gasteiger charge is 2.31. The number of halogens is 4. The maximum absolute atomic E-state index is 13.5. The molecule has 0 aliphatic heterocycles. The first-order valence-corrected chi connectivity index (χ1v) is 9.10. The second kappa shape index (κ2) is 7.66. The van der Waals surface area contributed by atoms with E-state index in [1.807, 2.05) is 30.5 Å². The molecule has 1 aromatic carbocycles. The molecule has 148 valence electrons. The molecular weight excluding hydrogens is 382 g/mol. The number of rotatable bonds is 5. The number of hydrogen-bond acceptors (Lipinski definition) is 2. The number of H-pyrrole nitrogens is 1. The van der Waals surface area contributed by atoms with E-state index in [1.54, 1.807) is 12.4 Å². The van der Waals surface area contributed by atoms with Crippen LogP contribution in [0.4, 0.5) is 17.6 Å². The first-order chi connectivity index (χ1) is 13.9. The number of hydrogen-bond donors (Lipinski definition) is 1. The maximum Gasteiger partial charge on any atom is 0.416 e. The Hall–Kier alpha value is -3.22. The van der Waals surface area contributed by atoms with Crippen LogP contribution in [0.3, 0.4) is 0 Å². The first kappa shape index (κ1) is 19.1. The van der Waals surface area contributed by atoms with Crippen molar-refractivity contribution in [2.75, 3.05) is 0 Å². The molecule has 29 heavy (non-hydrogen) atoms. The molecule has 3 heterocycles. The van der Waals surface area contributed by atoms with Crippen molar-refractivity contribution in [3.63, 3.8) is 0 Å². The third kappa shape index (κ3) is 4.45. The summed E-state index contributed by atoms with van der Waals surface area (Å²) in [6.45, 7) is 0. The standard InChI is InChI=1S/C22H17F4N3/c23-18-10-14(9-17(11-18)22(24,25)26)3-5-19-6-4-15(12-28-19)8-16-13-29-21-20(16)2-1-7-27-21/h1-2,4,6-7,9-13H,3,5,8H2,(H,27,29). The van der Waals surface area contributed by atoms with Gasteiger partial charge in [0, 0.05) is 36.1 Å². The van der Waals surface area contributed by atoms with Gasteiger partial charge < -0.3 is 4.98 Å². The van der Waals surface area contributed by atoms with Crippen LogP contribution in [0, 0.1) is 5.82 Å². The van der Waals surface area contributed by atoms with E-state index in [0.29, 0.717) is 24.5 Å². The molecule has 4 rings (SSSR count). The van der Waals surface area contributed by atoms with Gasteiger partial charge in [-0.2, -0.15) is 13.2 Å². The van der Waals surface area contributed by atoms with Gasteiger partial charge in [-0.3, -0.25) is 4.98 Å². The third-order valence-corrected chi connectivity index (χ3v) is 4.77. The Kier molecular flexibility index (Phi) is 5.05. The van der Waals surface area contributed by atoms with Crippen molar-refractivity contribution < 1.29 is 17.6 Å². The highest BCUT2D eigenvalue weighted by molar-refractivity contribution is 5.79. The molecule has 0 unspecified atom stereocenters. The minimum atomic E-state index is -4.56. The maximum atomic E-state index is 13.5. The van der Waals surface area contributed by atoms with Crippen LogP contribution in [-0.2, 0) is 25.4 Å². The number of alkyl halides is 3. The molecule has 0 aliphatic carbocycles. The summed E-state index contributed by atoms with van der Waals surface area (Å²) in [5.41, 5.74) is 3.04. The summed E-state index contributed by atoms with van der Waals surface area (Å²) < 4.78 is 52.0. The van der Waals surface area contributed by atoms with E-state index in [-0.39, 0.29) is 6.42 Å². The Morgan fingerprint density at radius 2 is 1.79 bits per heavy atom. The van der Waals surface area contributed by atoms with Gasteiger partial charge in [-0.05, 0) is 65.9 Å². The van der Waals surface area contributed by atoms with E-state index >= 15 is 0 Å². The molecule has 0 saturated heterocycles. The van der Waals surface area contributed by atoms with Gasteiger partial charge in [0.1, 0.15) is 11.5 Å².